The zero-order valence-electron chi connectivity index (χ0n) is 11.6. The molecule has 1 aromatic rings. The Bertz CT molecular complexity index is 452. The third-order valence-corrected chi connectivity index (χ3v) is 3.81. The number of nitrogens with zero attached hydrogens (tertiary/aromatic N) is 1. The Balaban J connectivity index is 0.00000200. The zero-order valence-corrected chi connectivity index (χ0v) is 12.4. The predicted octanol–water partition coefficient (Wildman–Crippen LogP) is 3.21. The average Bonchev–Trinajstić information content (AvgIpc) is 2.59. The van der Waals surface area contributed by atoms with Gasteiger partial charge >= 0.3 is 6.18 Å². The molecule has 2 atom stereocenters. The van der Waals surface area contributed by atoms with Gasteiger partial charge in [0.25, 0.3) is 0 Å². The van der Waals surface area contributed by atoms with Gasteiger partial charge in [-0.3, -0.25) is 4.90 Å². The lowest BCUT2D eigenvalue weighted by atomic mass is 10.0. The van der Waals surface area contributed by atoms with E-state index in [0.29, 0.717) is 18.0 Å². The molecule has 114 valence electrons. The molecule has 0 aromatic heterocycles. The van der Waals surface area contributed by atoms with E-state index in [9.17, 15) is 13.2 Å². The van der Waals surface area contributed by atoms with Crippen LogP contribution in [0.3, 0.4) is 0 Å². The van der Waals surface area contributed by atoms with Crippen molar-refractivity contribution in [1.29, 1.82) is 0 Å². The fourth-order valence-corrected chi connectivity index (χ4v) is 2.51. The number of aryl methyl sites for hydroxylation is 1. The Morgan fingerprint density at radius 3 is 2.40 bits per heavy atom. The highest BCUT2D eigenvalue weighted by molar-refractivity contribution is 5.85. The van der Waals surface area contributed by atoms with Crippen molar-refractivity contribution in [2.24, 2.45) is 11.7 Å². The maximum Gasteiger partial charge on any atom is 0.416 e. The average molecular weight is 309 g/mol. The van der Waals surface area contributed by atoms with Crippen LogP contribution in [0.4, 0.5) is 13.2 Å². The van der Waals surface area contributed by atoms with E-state index in [0.717, 1.165) is 24.7 Å². The first kappa shape index (κ1) is 17.3. The standard InChI is InChI=1S/C14H19F3N2.ClH/c1-9-5-12(14(15,16)17)4-3-11(9)7-19-6-10(2)13(18)8-19;/h3-5,10,13H,6-8,18H2,1-2H3;1H. The topological polar surface area (TPSA) is 29.3 Å². The molecule has 20 heavy (non-hydrogen) atoms. The van der Waals surface area contributed by atoms with Gasteiger partial charge in [-0.1, -0.05) is 13.0 Å². The van der Waals surface area contributed by atoms with Gasteiger partial charge in [-0.05, 0) is 36.1 Å². The van der Waals surface area contributed by atoms with Crippen LogP contribution in [0.1, 0.15) is 23.6 Å². The first-order chi connectivity index (χ1) is 8.77. The highest BCUT2D eigenvalue weighted by Crippen LogP contribution is 2.31. The fourth-order valence-electron chi connectivity index (χ4n) is 2.51. The normalized spacial score (nSPS) is 23.7. The number of rotatable bonds is 2. The summed E-state index contributed by atoms with van der Waals surface area (Å²) in [6, 6.07) is 4.11. The van der Waals surface area contributed by atoms with Crippen molar-refractivity contribution in [3.8, 4) is 0 Å². The fraction of sp³-hybridized carbons (Fsp3) is 0.571. The molecule has 0 spiro atoms. The van der Waals surface area contributed by atoms with Gasteiger partial charge in [0.1, 0.15) is 0 Å². The molecule has 0 radical (unpaired) electrons. The van der Waals surface area contributed by atoms with Gasteiger partial charge in [0, 0.05) is 25.7 Å². The number of hydrogen-bond acceptors (Lipinski definition) is 2. The summed E-state index contributed by atoms with van der Waals surface area (Å²) >= 11 is 0. The molecule has 1 aliphatic rings. The molecular weight excluding hydrogens is 289 g/mol. The summed E-state index contributed by atoms with van der Waals surface area (Å²) in [5.41, 5.74) is 6.99. The minimum Gasteiger partial charge on any atom is -0.326 e. The molecule has 2 unspecified atom stereocenters. The Morgan fingerprint density at radius 1 is 1.30 bits per heavy atom. The van der Waals surface area contributed by atoms with Gasteiger partial charge in [-0.15, -0.1) is 12.4 Å². The van der Waals surface area contributed by atoms with Crippen LogP contribution in [0.15, 0.2) is 18.2 Å². The van der Waals surface area contributed by atoms with Gasteiger partial charge in [0.15, 0.2) is 0 Å². The minimum absolute atomic E-state index is 0. The van der Waals surface area contributed by atoms with Crippen molar-refractivity contribution in [3.63, 3.8) is 0 Å². The Kier molecular flexibility index (Phi) is 5.46. The molecule has 0 amide bonds. The van der Waals surface area contributed by atoms with Crippen LogP contribution in [0.2, 0.25) is 0 Å². The zero-order chi connectivity index (χ0) is 14.2. The molecular formula is C14H20ClF3N2. The van der Waals surface area contributed by atoms with Crippen molar-refractivity contribution in [2.75, 3.05) is 13.1 Å². The molecule has 1 heterocycles. The first-order valence-corrected chi connectivity index (χ1v) is 6.42. The predicted molar refractivity (Wildman–Crippen MR) is 75.8 cm³/mol. The van der Waals surface area contributed by atoms with E-state index < -0.39 is 11.7 Å². The smallest absolute Gasteiger partial charge is 0.326 e. The van der Waals surface area contributed by atoms with E-state index >= 15 is 0 Å². The minimum atomic E-state index is -4.27. The number of halogens is 4. The maximum atomic E-state index is 12.6. The van der Waals surface area contributed by atoms with Gasteiger partial charge in [-0.2, -0.15) is 13.2 Å². The summed E-state index contributed by atoms with van der Waals surface area (Å²) in [4.78, 5) is 2.20. The Morgan fingerprint density at radius 2 is 1.95 bits per heavy atom. The van der Waals surface area contributed by atoms with E-state index in [1.807, 2.05) is 0 Å². The summed E-state index contributed by atoms with van der Waals surface area (Å²) in [7, 11) is 0. The van der Waals surface area contributed by atoms with Gasteiger partial charge in [0.05, 0.1) is 5.56 Å². The van der Waals surface area contributed by atoms with Gasteiger partial charge in [0.2, 0.25) is 0 Å². The van der Waals surface area contributed by atoms with Crippen LogP contribution in [0.25, 0.3) is 0 Å². The molecule has 0 saturated carbocycles. The van der Waals surface area contributed by atoms with Crippen molar-refractivity contribution < 1.29 is 13.2 Å². The molecule has 2 nitrogen and oxygen atoms in total. The van der Waals surface area contributed by atoms with Crippen LogP contribution >= 0.6 is 12.4 Å². The quantitative estimate of drug-likeness (QED) is 0.909. The molecule has 0 aliphatic carbocycles. The number of benzene rings is 1. The summed E-state index contributed by atoms with van der Waals surface area (Å²) < 4.78 is 37.7. The van der Waals surface area contributed by atoms with Crippen LogP contribution in [0.5, 0.6) is 0 Å². The lowest BCUT2D eigenvalue weighted by Gasteiger charge is -2.18. The Hall–Kier alpha value is -0.780. The molecule has 1 fully saturated rings. The molecule has 2 N–H and O–H groups in total. The van der Waals surface area contributed by atoms with Crippen LogP contribution in [-0.4, -0.2) is 24.0 Å². The van der Waals surface area contributed by atoms with Crippen molar-refractivity contribution in [3.05, 3.63) is 34.9 Å². The SMILES string of the molecule is Cc1cc(C(F)(F)F)ccc1CN1CC(C)C(N)C1.Cl. The lowest BCUT2D eigenvalue weighted by Crippen LogP contribution is -2.28. The van der Waals surface area contributed by atoms with Crippen molar-refractivity contribution in [1.82, 2.24) is 4.90 Å². The highest BCUT2D eigenvalue weighted by Gasteiger charge is 2.31. The largest absolute Gasteiger partial charge is 0.416 e. The second-order valence-electron chi connectivity index (χ2n) is 5.47. The van der Waals surface area contributed by atoms with E-state index in [2.05, 4.69) is 11.8 Å². The third kappa shape index (κ3) is 3.87. The van der Waals surface area contributed by atoms with Crippen LogP contribution in [-0.2, 0) is 12.7 Å². The second kappa shape index (κ2) is 6.33. The van der Waals surface area contributed by atoms with E-state index in [-0.39, 0.29) is 18.4 Å². The Labute approximate surface area is 123 Å². The molecule has 1 aromatic carbocycles. The van der Waals surface area contributed by atoms with Gasteiger partial charge in [-0.25, -0.2) is 0 Å². The van der Waals surface area contributed by atoms with E-state index in [4.69, 9.17) is 5.73 Å². The summed E-state index contributed by atoms with van der Waals surface area (Å²) in [5, 5.41) is 0. The van der Waals surface area contributed by atoms with Crippen LogP contribution < -0.4 is 5.73 Å². The highest BCUT2D eigenvalue weighted by atomic mass is 35.5. The molecule has 0 bridgehead atoms. The van der Waals surface area contributed by atoms with Crippen LogP contribution in [0, 0.1) is 12.8 Å². The first-order valence-electron chi connectivity index (χ1n) is 6.42. The summed E-state index contributed by atoms with van der Waals surface area (Å²) in [6.07, 6.45) is -4.27. The molecule has 1 aliphatic heterocycles. The van der Waals surface area contributed by atoms with Gasteiger partial charge < -0.3 is 5.73 Å². The number of likely N-dealkylation sites (tertiary alicyclic amines) is 1. The number of hydrogen-bond donors (Lipinski definition) is 1. The summed E-state index contributed by atoms with van der Waals surface area (Å²) in [6.45, 7) is 6.21. The number of nitrogens with two attached hydrogens (primary N) is 1. The summed E-state index contributed by atoms with van der Waals surface area (Å²) in [5.74, 6) is 0.440. The molecule has 6 heteroatoms. The number of alkyl halides is 3. The van der Waals surface area contributed by atoms with E-state index in [1.54, 1.807) is 13.0 Å². The van der Waals surface area contributed by atoms with Crippen molar-refractivity contribution >= 4 is 12.4 Å². The molecule has 2 rings (SSSR count). The maximum absolute atomic E-state index is 12.6. The lowest BCUT2D eigenvalue weighted by molar-refractivity contribution is -0.137. The third-order valence-electron chi connectivity index (χ3n) is 3.81. The second-order valence-corrected chi connectivity index (χ2v) is 5.47. The monoisotopic (exact) mass is 308 g/mol. The van der Waals surface area contributed by atoms with Crippen molar-refractivity contribution in [2.45, 2.75) is 32.6 Å². The van der Waals surface area contributed by atoms with E-state index in [1.165, 1.54) is 6.07 Å². The molecule has 1 saturated heterocycles.